The van der Waals surface area contributed by atoms with Crippen LogP contribution >= 0.6 is 12.2 Å². The Morgan fingerprint density at radius 2 is 2.14 bits per heavy atom. The average Bonchev–Trinajstić information content (AvgIpc) is 3.18. The zero-order valence-electron chi connectivity index (χ0n) is 11.6. The van der Waals surface area contributed by atoms with E-state index < -0.39 is 0 Å². The molecule has 1 saturated carbocycles. The average molecular weight is 304 g/mol. The molecular weight excluding hydrogens is 287 g/mol. The molecule has 0 unspecified atom stereocenters. The monoisotopic (exact) mass is 304 g/mol. The van der Waals surface area contributed by atoms with Crippen LogP contribution in [0, 0.1) is 5.82 Å². The molecule has 2 aromatic rings. The highest BCUT2D eigenvalue weighted by Crippen LogP contribution is 2.30. The number of furan rings is 1. The summed E-state index contributed by atoms with van der Waals surface area (Å²) in [5.74, 6) is 0.674. The van der Waals surface area contributed by atoms with Gasteiger partial charge in [0, 0.05) is 23.7 Å². The van der Waals surface area contributed by atoms with Crippen molar-refractivity contribution in [2.24, 2.45) is 5.73 Å². The van der Waals surface area contributed by atoms with Crippen LogP contribution in [-0.2, 0) is 13.1 Å². The molecule has 2 N–H and O–H groups in total. The maximum Gasteiger partial charge on any atom is 0.127 e. The Morgan fingerprint density at radius 1 is 1.33 bits per heavy atom. The second-order valence-electron chi connectivity index (χ2n) is 5.39. The molecule has 0 spiro atoms. The molecule has 1 aliphatic carbocycles. The first-order valence-corrected chi connectivity index (χ1v) is 7.39. The summed E-state index contributed by atoms with van der Waals surface area (Å²) in [4.78, 5) is 2.53. The highest BCUT2D eigenvalue weighted by Gasteiger charge is 2.30. The first-order valence-electron chi connectivity index (χ1n) is 6.98. The molecule has 0 atom stereocenters. The van der Waals surface area contributed by atoms with Crippen molar-refractivity contribution in [3.63, 3.8) is 0 Å². The van der Waals surface area contributed by atoms with Crippen LogP contribution in [0.5, 0.6) is 0 Å². The van der Waals surface area contributed by atoms with Crippen molar-refractivity contribution < 1.29 is 8.81 Å². The number of hydrogen-bond donors (Lipinski definition) is 1. The van der Waals surface area contributed by atoms with Crippen molar-refractivity contribution in [2.75, 3.05) is 0 Å². The Hall–Kier alpha value is -1.72. The topological polar surface area (TPSA) is 42.4 Å². The smallest absolute Gasteiger partial charge is 0.127 e. The van der Waals surface area contributed by atoms with E-state index in [0.717, 1.165) is 18.6 Å². The van der Waals surface area contributed by atoms with Gasteiger partial charge in [0.2, 0.25) is 0 Å². The third-order valence-electron chi connectivity index (χ3n) is 3.71. The van der Waals surface area contributed by atoms with Crippen LogP contribution in [0.3, 0.4) is 0 Å². The zero-order chi connectivity index (χ0) is 14.8. The predicted octanol–water partition coefficient (Wildman–Crippen LogP) is 3.22. The summed E-state index contributed by atoms with van der Waals surface area (Å²) in [6.45, 7) is 1.22. The third kappa shape index (κ3) is 3.49. The minimum atomic E-state index is -0.222. The van der Waals surface area contributed by atoms with Crippen LogP contribution in [0.2, 0.25) is 0 Å². The Balaban J connectivity index is 1.79. The lowest BCUT2D eigenvalue weighted by molar-refractivity contribution is 0.222. The Kier molecular flexibility index (Phi) is 4.03. The lowest BCUT2D eigenvalue weighted by Gasteiger charge is -2.21. The van der Waals surface area contributed by atoms with E-state index in [4.69, 9.17) is 22.4 Å². The van der Waals surface area contributed by atoms with Gasteiger partial charge in [-0.25, -0.2) is 4.39 Å². The number of thiocarbonyl (C=S) groups is 1. The quantitative estimate of drug-likeness (QED) is 0.832. The van der Waals surface area contributed by atoms with Gasteiger partial charge in [-0.3, -0.25) is 4.90 Å². The van der Waals surface area contributed by atoms with Crippen molar-refractivity contribution in [3.8, 4) is 0 Å². The second kappa shape index (κ2) is 5.95. The summed E-state index contributed by atoms with van der Waals surface area (Å²) >= 11 is 4.96. The van der Waals surface area contributed by atoms with Crippen molar-refractivity contribution in [1.29, 1.82) is 0 Å². The maximum atomic E-state index is 14.0. The van der Waals surface area contributed by atoms with Crippen molar-refractivity contribution in [1.82, 2.24) is 4.90 Å². The van der Waals surface area contributed by atoms with Gasteiger partial charge < -0.3 is 10.2 Å². The van der Waals surface area contributed by atoms with Gasteiger partial charge in [-0.2, -0.15) is 0 Å². The summed E-state index contributed by atoms with van der Waals surface area (Å²) in [6.07, 6.45) is 3.96. The van der Waals surface area contributed by atoms with Gasteiger partial charge in [0.05, 0.1) is 12.8 Å². The molecule has 0 radical (unpaired) electrons. The lowest BCUT2D eigenvalue weighted by Crippen LogP contribution is -2.25. The SMILES string of the molecule is NC(=S)c1ccc(F)c(CN(Cc2ccco2)C2CC2)c1. The highest BCUT2D eigenvalue weighted by molar-refractivity contribution is 7.80. The zero-order valence-corrected chi connectivity index (χ0v) is 12.4. The number of halogens is 1. The van der Waals surface area contributed by atoms with E-state index in [1.165, 1.54) is 6.07 Å². The largest absolute Gasteiger partial charge is 0.468 e. The molecular formula is C16H17FN2OS. The Morgan fingerprint density at radius 3 is 2.76 bits per heavy atom. The van der Waals surface area contributed by atoms with Gasteiger partial charge in [-0.15, -0.1) is 0 Å². The van der Waals surface area contributed by atoms with E-state index in [1.54, 1.807) is 18.4 Å². The Bertz CT molecular complexity index is 638. The molecule has 21 heavy (non-hydrogen) atoms. The van der Waals surface area contributed by atoms with Crippen LogP contribution in [0.4, 0.5) is 4.39 Å². The van der Waals surface area contributed by atoms with Crippen LogP contribution in [-0.4, -0.2) is 15.9 Å². The van der Waals surface area contributed by atoms with Gasteiger partial charge in [0.1, 0.15) is 16.6 Å². The van der Waals surface area contributed by atoms with E-state index in [9.17, 15) is 4.39 Å². The molecule has 1 aromatic heterocycles. The third-order valence-corrected chi connectivity index (χ3v) is 3.94. The second-order valence-corrected chi connectivity index (χ2v) is 5.83. The molecule has 1 fully saturated rings. The number of nitrogens with two attached hydrogens (primary N) is 1. The van der Waals surface area contributed by atoms with Crippen LogP contribution < -0.4 is 5.73 Å². The standard InChI is InChI=1S/C16H17FN2OS/c17-15-6-3-11(16(18)21)8-12(15)9-19(13-4-5-13)10-14-2-1-7-20-14/h1-3,6-8,13H,4-5,9-10H2,(H2,18,21). The van der Waals surface area contributed by atoms with Gasteiger partial charge in [-0.05, 0) is 43.2 Å². The van der Waals surface area contributed by atoms with Gasteiger partial charge in [0.15, 0.2) is 0 Å². The molecule has 0 saturated heterocycles. The summed E-state index contributed by atoms with van der Waals surface area (Å²) in [6, 6.07) is 9.11. The highest BCUT2D eigenvalue weighted by atomic mass is 32.1. The van der Waals surface area contributed by atoms with E-state index in [2.05, 4.69) is 4.90 Å². The van der Waals surface area contributed by atoms with E-state index >= 15 is 0 Å². The molecule has 0 aliphatic heterocycles. The van der Waals surface area contributed by atoms with E-state index in [1.807, 2.05) is 12.1 Å². The number of nitrogens with zero attached hydrogens (tertiary/aromatic N) is 1. The fourth-order valence-corrected chi connectivity index (χ4v) is 2.55. The van der Waals surface area contributed by atoms with E-state index in [0.29, 0.717) is 35.2 Å². The minimum Gasteiger partial charge on any atom is -0.468 e. The minimum absolute atomic E-state index is 0.222. The maximum absolute atomic E-state index is 14.0. The molecule has 0 bridgehead atoms. The first-order chi connectivity index (χ1) is 10.1. The van der Waals surface area contributed by atoms with Crippen molar-refractivity contribution >= 4 is 17.2 Å². The number of rotatable bonds is 6. The lowest BCUT2D eigenvalue weighted by atomic mass is 10.1. The first kappa shape index (κ1) is 14.2. The van der Waals surface area contributed by atoms with Crippen molar-refractivity contribution in [2.45, 2.75) is 32.0 Å². The predicted molar refractivity (Wildman–Crippen MR) is 83.3 cm³/mol. The summed E-state index contributed by atoms with van der Waals surface area (Å²) in [5.41, 5.74) is 6.95. The fraction of sp³-hybridized carbons (Fsp3) is 0.312. The summed E-state index contributed by atoms with van der Waals surface area (Å²) in [5, 5.41) is 0. The summed E-state index contributed by atoms with van der Waals surface area (Å²) < 4.78 is 19.4. The molecule has 3 nitrogen and oxygen atoms in total. The molecule has 3 rings (SSSR count). The van der Waals surface area contributed by atoms with Gasteiger partial charge in [-0.1, -0.05) is 12.2 Å². The van der Waals surface area contributed by atoms with E-state index in [-0.39, 0.29) is 5.82 Å². The van der Waals surface area contributed by atoms with Crippen LogP contribution in [0.1, 0.15) is 29.7 Å². The molecule has 1 aromatic carbocycles. The van der Waals surface area contributed by atoms with Crippen LogP contribution in [0.25, 0.3) is 0 Å². The molecule has 1 heterocycles. The number of hydrogen-bond acceptors (Lipinski definition) is 3. The fourth-order valence-electron chi connectivity index (χ4n) is 2.42. The molecule has 0 amide bonds. The van der Waals surface area contributed by atoms with Crippen LogP contribution in [0.15, 0.2) is 41.0 Å². The molecule has 110 valence electrons. The van der Waals surface area contributed by atoms with Crippen molar-refractivity contribution in [3.05, 3.63) is 59.3 Å². The Labute approximate surface area is 128 Å². The normalized spacial score (nSPS) is 14.6. The van der Waals surface area contributed by atoms with Gasteiger partial charge >= 0.3 is 0 Å². The molecule has 1 aliphatic rings. The number of benzene rings is 1. The van der Waals surface area contributed by atoms with Gasteiger partial charge in [0.25, 0.3) is 0 Å². The summed E-state index contributed by atoms with van der Waals surface area (Å²) in [7, 11) is 0. The molecule has 5 heteroatoms.